The molecule has 11 aromatic rings. The molecule has 0 aliphatic carbocycles. The highest BCUT2D eigenvalue weighted by Gasteiger charge is 2.20. The predicted octanol–water partition coefficient (Wildman–Crippen LogP) is 13.1. The van der Waals surface area contributed by atoms with E-state index in [9.17, 15) is 0 Å². The van der Waals surface area contributed by atoms with Crippen molar-refractivity contribution in [2.45, 2.75) is 0 Å². The summed E-state index contributed by atoms with van der Waals surface area (Å²) in [6.07, 6.45) is 0. The van der Waals surface area contributed by atoms with Gasteiger partial charge in [0.05, 0.1) is 10.2 Å². The summed E-state index contributed by atoms with van der Waals surface area (Å²) in [5.41, 5.74) is 8.90. The van der Waals surface area contributed by atoms with Gasteiger partial charge in [-0.2, -0.15) is 0 Å². The van der Waals surface area contributed by atoms with Gasteiger partial charge in [-0.15, -0.1) is 22.7 Å². The van der Waals surface area contributed by atoms with Crippen molar-refractivity contribution < 1.29 is 4.42 Å². The summed E-state index contributed by atoms with van der Waals surface area (Å²) in [6.45, 7) is 0. The average molecular weight is 715 g/mol. The van der Waals surface area contributed by atoms with Crippen LogP contribution in [0.15, 0.2) is 162 Å². The molecule has 0 saturated carbocycles. The summed E-state index contributed by atoms with van der Waals surface area (Å²) >= 11 is 3.52. The maximum atomic E-state index is 6.27. The molecule has 4 heterocycles. The van der Waals surface area contributed by atoms with Gasteiger partial charge in [0.1, 0.15) is 16.2 Å². The maximum Gasteiger partial charge on any atom is 0.164 e. The Hall–Kier alpha value is -6.54. The number of thiophene rings is 1. The van der Waals surface area contributed by atoms with E-state index in [0.29, 0.717) is 17.5 Å². The molecule has 11 rings (SSSR count). The fraction of sp³-hybridized carbons (Fsp3) is 0. The predicted molar refractivity (Wildman–Crippen MR) is 220 cm³/mol. The zero-order valence-corrected chi connectivity index (χ0v) is 29.7. The van der Waals surface area contributed by atoms with Crippen LogP contribution in [0.1, 0.15) is 0 Å². The van der Waals surface area contributed by atoms with Crippen LogP contribution in [0.25, 0.3) is 108 Å². The van der Waals surface area contributed by atoms with Crippen LogP contribution in [0.5, 0.6) is 0 Å². The lowest BCUT2D eigenvalue weighted by molar-refractivity contribution is 0.669. The lowest BCUT2D eigenvalue weighted by Gasteiger charge is -2.11. The highest BCUT2D eigenvalue weighted by molar-refractivity contribution is 7.26. The second kappa shape index (κ2) is 12.0. The second-order valence-electron chi connectivity index (χ2n) is 13.0. The molecule has 0 fully saturated rings. The van der Waals surface area contributed by atoms with E-state index >= 15 is 0 Å². The van der Waals surface area contributed by atoms with E-state index in [1.54, 1.807) is 22.7 Å². The van der Waals surface area contributed by atoms with Gasteiger partial charge in [-0.3, -0.25) is 0 Å². The highest BCUT2D eigenvalue weighted by atomic mass is 32.1. The fourth-order valence-corrected chi connectivity index (χ4v) is 9.42. The Morgan fingerprint density at radius 1 is 0.377 bits per heavy atom. The smallest absolute Gasteiger partial charge is 0.164 e. The molecule has 7 heteroatoms. The zero-order valence-electron chi connectivity index (χ0n) is 28.0. The van der Waals surface area contributed by atoms with Crippen molar-refractivity contribution in [3.63, 3.8) is 0 Å². The Morgan fingerprint density at radius 3 is 1.83 bits per heavy atom. The minimum Gasteiger partial charge on any atom is -0.456 e. The topological polar surface area (TPSA) is 64.7 Å². The Balaban J connectivity index is 1.09. The Labute approximate surface area is 311 Å². The first kappa shape index (κ1) is 30.1. The van der Waals surface area contributed by atoms with E-state index in [1.165, 1.54) is 25.0 Å². The number of thiazole rings is 1. The molecule has 0 atom stereocenters. The number of fused-ring (bicyclic) bond motifs is 7. The molecule has 0 bridgehead atoms. The highest BCUT2D eigenvalue weighted by Crippen LogP contribution is 2.44. The van der Waals surface area contributed by atoms with Crippen molar-refractivity contribution in [1.29, 1.82) is 0 Å². The first-order valence-corrected chi connectivity index (χ1v) is 19.0. The first-order valence-electron chi connectivity index (χ1n) is 17.4. The van der Waals surface area contributed by atoms with Crippen LogP contribution in [-0.4, -0.2) is 19.9 Å². The fourth-order valence-electron chi connectivity index (χ4n) is 7.29. The molecule has 53 heavy (non-hydrogen) atoms. The number of hydrogen-bond acceptors (Lipinski definition) is 7. The summed E-state index contributed by atoms with van der Waals surface area (Å²) in [5, 5.41) is 5.52. The molecule has 0 saturated heterocycles. The Morgan fingerprint density at radius 2 is 1.00 bits per heavy atom. The molecule has 248 valence electrons. The molecule has 0 radical (unpaired) electrons. The molecule has 0 spiro atoms. The van der Waals surface area contributed by atoms with Crippen LogP contribution < -0.4 is 0 Å². The molecular formula is C46H26N4OS2. The number of rotatable bonds is 5. The van der Waals surface area contributed by atoms with Crippen LogP contribution in [-0.2, 0) is 0 Å². The third-order valence-corrected chi connectivity index (χ3v) is 12.0. The lowest BCUT2D eigenvalue weighted by atomic mass is 9.96. The van der Waals surface area contributed by atoms with E-state index in [1.807, 2.05) is 60.7 Å². The van der Waals surface area contributed by atoms with E-state index in [4.69, 9.17) is 24.4 Å². The minimum absolute atomic E-state index is 0.596. The van der Waals surface area contributed by atoms with Crippen molar-refractivity contribution in [2.75, 3.05) is 0 Å². The molecule has 7 aromatic carbocycles. The summed E-state index contributed by atoms with van der Waals surface area (Å²) in [5.74, 6) is 1.85. The van der Waals surface area contributed by atoms with Crippen LogP contribution in [0.3, 0.4) is 0 Å². The molecular weight excluding hydrogens is 689 g/mol. The molecule has 4 aromatic heterocycles. The Bertz CT molecular complexity index is 3150. The normalized spacial score (nSPS) is 11.8. The molecule has 0 N–H and O–H groups in total. The van der Waals surface area contributed by atoms with Gasteiger partial charge >= 0.3 is 0 Å². The van der Waals surface area contributed by atoms with Crippen LogP contribution in [0.4, 0.5) is 0 Å². The number of aromatic nitrogens is 4. The third kappa shape index (κ3) is 5.04. The van der Waals surface area contributed by atoms with Gasteiger partial charge in [0.15, 0.2) is 17.5 Å². The number of furan rings is 1. The van der Waals surface area contributed by atoms with Crippen molar-refractivity contribution in [3.8, 4) is 55.9 Å². The average Bonchev–Trinajstić information content (AvgIpc) is 3.94. The number of hydrogen-bond donors (Lipinski definition) is 0. The van der Waals surface area contributed by atoms with Crippen LogP contribution in [0, 0.1) is 0 Å². The lowest BCUT2D eigenvalue weighted by Crippen LogP contribution is -2.00. The maximum absolute atomic E-state index is 6.27. The second-order valence-corrected chi connectivity index (χ2v) is 15.1. The molecule has 0 unspecified atom stereocenters. The van der Waals surface area contributed by atoms with E-state index in [-0.39, 0.29) is 0 Å². The van der Waals surface area contributed by atoms with Gasteiger partial charge in [0, 0.05) is 53.2 Å². The van der Waals surface area contributed by atoms with E-state index in [0.717, 1.165) is 65.7 Å². The zero-order chi connectivity index (χ0) is 34.9. The van der Waals surface area contributed by atoms with Gasteiger partial charge in [-0.25, -0.2) is 19.9 Å². The first-order chi connectivity index (χ1) is 26.2. The van der Waals surface area contributed by atoms with Gasteiger partial charge in [-0.1, -0.05) is 115 Å². The van der Waals surface area contributed by atoms with Gasteiger partial charge in [0.25, 0.3) is 0 Å². The molecule has 0 amide bonds. The van der Waals surface area contributed by atoms with Crippen molar-refractivity contribution in [2.24, 2.45) is 0 Å². The molecule has 0 aliphatic heterocycles. The van der Waals surface area contributed by atoms with Crippen molar-refractivity contribution in [3.05, 3.63) is 158 Å². The summed E-state index contributed by atoms with van der Waals surface area (Å²) in [6, 6.07) is 54.6. The monoisotopic (exact) mass is 714 g/mol. The van der Waals surface area contributed by atoms with Crippen LogP contribution in [0.2, 0.25) is 0 Å². The van der Waals surface area contributed by atoms with Gasteiger partial charge in [-0.05, 0) is 53.6 Å². The standard InChI is InChI=1S/C46H26N4OS2/c1-2-10-28(11-3-1)43-48-44(30-24-25-33-32-12-4-6-16-36(32)51-37(33)26-30)50-45(49-43)34-14-9-19-40-42(34)41-31(13-8-18-39(41)52-40)27-20-22-29(23-21-27)46-47-35-15-5-7-17-38(35)53-46/h1-26H. The summed E-state index contributed by atoms with van der Waals surface area (Å²) in [4.78, 5) is 20.3. The van der Waals surface area contributed by atoms with E-state index < -0.39 is 0 Å². The number of para-hydroxylation sites is 2. The van der Waals surface area contributed by atoms with Crippen molar-refractivity contribution in [1.82, 2.24) is 19.9 Å². The minimum atomic E-state index is 0.596. The van der Waals surface area contributed by atoms with Crippen LogP contribution >= 0.6 is 22.7 Å². The Kier molecular flexibility index (Phi) is 6.83. The number of nitrogens with zero attached hydrogens (tertiary/aromatic N) is 4. The SMILES string of the molecule is c1ccc(-c2nc(-c3ccc4c(c3)oc3ccccc34)nc(-c3cccc4sc5cccc(-c6ccc(-c7nc8ccccc8s7)cc6)c5c34)n2)cc1. The van der Waals surface area contributed by atoms with Gasteiger partial charge < -0.3 is 4.42 Å². The summed E-state index contributed by atoms with van der Waals surface area (Å²) in [7, 11) is 0. The van der Waals surface area contributed by atoms with Gasteiger partial charge in [0.2, 0.25) is 0 Å². The van der Waals surface area contributed by atoms with Crippen molar-refractivity contribution >= 4 is 75.0 Å². The number of benzene rings is 7. The third-order valence-electron chi connectivity index (χ3n) is 9.80. The molecule has 0 aliphatic rings. The quantitative estimate of drug-likeness (QED) is 0.178. The molecule has 5 nitrogen and oxygen atoms in total. The van der Waals surface area contributed by atoms with E-state index in [2.05, 4.69) is 97.1 Å². The largest absolute Gasteiger partial charge is 0.456 e. The summed E-state index contributed by atoms with van der Waals surface area (Å²) < 4.78 is 9.86.